The molecule has 2 heterocycles. The van der Waals surface area contributed by atoms with Gasteiger partial charge in [0.15, 0.2) is 5.82 Å². The van der Waals surface area contributed by atoms with Crippen molar-refractivity contribution in [3.8, 4) is 18.0 Å². The van der Waals surface area contributed by atoms with Crippen LogP contribution < -0.4 is 5.32 Å². The molecule has 0 fully saturated rings. The molecule has 1 atom stereocenters. The zero-order valence-electron chi connectivity index (χ0n) is 17.2. The number of amides is 1. The van der Waals surface area contributed by atoms with E-state index in [2.05, 4.69) is 26.5 Å². The van der Waals surface area contributed by atoms with Crippen LogP contribution in [0.4, 0.5) is 0 Å². The van der Waals surface area contributed by atoms with E-state index in [4.69, 9.17) is 5.26 Å². The second-order valence-electron chi connectivity index (χ2n) is 7.91. The molecule has 1 N–H and O–H groups in total. The van der Waals surface area contributed by atoms with Crippen LogP contribution >= 0.6 is 0 Å². The number of nitriles is 2. The number of carbonyl (C=O) groups excluding carboxylic acids is 1. The molecule has 0 aliphatic rings. The summed E-state index contributed by atoms with van der Waals surface area (Å²) in [6, 6.07) is 8.82. The van der Waals surface area contributed by atoms with Gasteiger partial charge < -0.3 is 5.32 Å². The summed E-state index contributed by atoms with van der Waals surface area (Å²) in [5, 5.41) is 25.4. The third-order valence-electron chi connectivity index (χ3n) is 4.58. The van der Waals surface area contributed by atoms with Crippen molar-refractivity contribution in [1.82, 2.24) is 25.1 Å². The van der Waals surface area contributed by atoms with E-state index in [1.807, 2.05) is 26.8 Å². The second-order valence-corrected chi connectivity index (χ2v) is 7.91. The van der Waals surface area contributed by atoms with Crippen LogP contribution in [0.5, 0.6) is 0 Å². The van der Waals surface area contributed by atoms with Crippen molar-refractivity contribution in [2.75, 3.05) is 0 Å². The Balaban J connectivity index is 1.91. The highest BCUT2D eigenvalue weighted by Gasteiger charge is 2.21. The van der Waals surface area contributed by atoms with Gasteiger partial charge in [0.1, 0.15) is 11.8 Å². The molecule has 0 bridgehead atoms. The number of benzene rings is 1. The maximum atomic E-state index is 12.9. The van der Waals surface area contributed by atoms with Gasteiger partial charge in [-0.3, -0.25) is 9.78 Å². The fourth-order valence-corrected chi connectivity index (χ4v) is 2.92. The van der Waals surface area contributed by atoms with Crippen molar-refractivity contribution in [2.45, 2.75) is 39.2 Å². The average molecular weight is 399 g/mol. The quantitative estimate of drug-likeness (QED) is 0.719. The van der Waals surface area contributed by atoms with Crippen molar-refractivity contribution in [3.05, 3.63) is 70.9 Å². The Kier molecular flexibility index (Phi) is 5.61. The lowest BCUT2D eigenvalue weighted by atomic mass is 9.85. The summed E-state index contributed by atoms with van der Waals surface area (Å²) in [6.07, 6.45) is 6.04. The van der Waals surface area contributed by atoms with Crippen LogP contribution in [-0.4, -0.2) is 25.7 Å². The molecule has 150 valence electrons. The summed E-state index contributed by atoms with van der Waals surface area (Å²) in [7, 11) is 0. The van der Waals surface area contributed by atoms with Crippen LogP contribution in [0, 0.1) is 22.7 Å². The van der Waals surface area contributed by atoms with Crippen molar-refractivity contribution in [1.29, 1.82) is 10.5 Å². The lowest BCUT2D eigenvalue weighted by molar-refractivity contribution is 0.0939. The summed E-state index contributed by atoms with van der Waals surface area (Å²) in [6.45, 7) is 7.87. The number of aromatic nitrogens is 4. The Morgan fingerprint density at radius 1 is 1.10 bits per heavy atom. The molecular formula is C22H21N7O. The predicted molar refractivity (Wildman–Crippen MR) is 110 cm³/mol. The smallest absolute Gasteiger partial charge is 0.251 e. The van der Waals surface area contributed by atoms with Crippen molar-refractivity contribution >= 4 is 5.91 Å². The molecule has 0 saturated carbocycles. The van der Waals surface area contributed by atoms with Gasteiger partial charge in [-0.15, -0.1) is 0 Å². The Morgan fingerprint density at radius 2 is 1.80 bits per heavy atom. The van der Waals surface area contributed by atoms with Crippen LogP contribution in [0.2, 0.25) is 0 Å². The van der Waals surface area contributed by atoms with E-state index in [1.54, 1.807) is 31.3 Å². The monoisotopic (exact) mass is 399 g/mol. The van der Waals surface area contributed by atoms with E-state index in [0.717, 1.165) is 5.56 Å². The number of nitrogens with one attached hydrogen (secondary N) is 1. The van der Waals surface area contributed by atoms with E-state index < -0.39 is 6.04 Å². The molecule has 0 aliphatic heterocycles. The Labute approximate surface area is 174 Å². The molecule has 0 saturated heterocycles. The third-order valence-corrected chi connectivity index (χ3v) is 4.58. The van der Waals surface area contributed by atoms with Gasteiger partial charge in [-0.25, -0.2) is 9.67 Å². The van der Waals surface area contributed by atoms with Crippen molar-refractivity contribution < 1.29 is 4.79 Å². The SMILES string of the molecule is CC(NC(=O)c1cc(C#N)cc(C(C)(C)C)c1)c1nccnc1-n1cc(C#N)cn1. The van der Waals surface area contributed by atoms with Crippen LogP contribution in [0.25, 0.3) is 5.82 Å². The van der Waals surface area contributed by atoms with E-state index in [9.17, 15) is 10.1 Å². The van der Waals surface area contributed by atoms with Gasteiger partial charge in [0.05, 0.1) is 35.6 Å². The topological polar surface area (TPSA) is 120 Å². The lowest BCUT2D eigenvalue weighted by Gasteiger charge is -2.21. The number of hydrogen-bond acceptors (Lipinski definition) is 6. The summed E-state index contributed by atoms with van der Waals surface area (Å²) in [5.74, 6) is 0.104. The molecule has 1 unspecified atom stereocenters. The molecule has 1 aromatic carbocycles. The fourth-order valence-electron chi connectivity index (χ4n) is 2.92. The van der Waals surface area contributed by atoms with Gasteiger partial charge in [-0.1, -0.05) is 20.8 Å². The number of hydrogen-bond donors (Lipinski definition) is 1. The number of carbonyl (C=O) groups is 1. The maximum Gasteiger partial charge on any atom is 0.251 e. The molecule has 2 aromatic heterocycles. The molecular weight excluding hydrogens is 378 g/mol. The minimum Gasteiger partial charge on any atom is -0.344 e. The Hall–Kier alpha value is -4.04. The van der Waals surface area contributed by atoms with Gasteiger partial charge in [0, 0.05) is 18.0 Å². The number of nitrogens with zero attached hydrogens (tertiary/aromatic N) is 6. The van der Waals surface area contributed by atoms with Crippen LogP contribution in [0.3, 0.4) is 0 Å². The molecule has 0 radical (unpaired) electrons. The molecule has 3 aromatic rings. The summed E-state index contributed by atoms with van der Waals surface area (Å²) >= 11 is 0. The van der Waals surface area contributed by atoms with E-state index in [0.29, 0.717) is 28.2 Å². The van der Waals surface area contributed by atoms with E-state index >= 15 is 0 Å². The molecule has 30 heavy (non-hydrogen) atoms. The minimum atomic E-state index is -0.486. The largest absolute Gasteiger partial charge is 0.344 e. The van der Waals surface area contributed by atoms with E-state index in [-0.39, 0.29) is 11.3 Å². The van der Waals surface area contributed by atoms with E-state index in [1.165, 1.54) is 23.3 Å². The molecule has 1 amide bonds. The highest BCUT2D eigenvalue weighted by Crippen LogP contribution is 2.25. The van der Waals surface area contributed by atoms with Crippen molar-refractivity contribution in [2.24, 2.45) is 0 Å². The minimum absolute atomic E-state index is 0.204. The summed E-state index contributed by atoms with van der Waals surface area (Å²) < 4.78 is 1.46. The molecule has 0 aliphatic carbocycles. The summed E-state index contributed by atoms with van der Waals surface area (Å²) in [4.78, 5) is 21.6. The summed E-state index contributed by atoms with van der Waals surface area (Å²) in [5.41, 5.74) is 2.44. The first-order valence-electron chi connectivity index (χ1n) is 9.35. The standard InChI is InChI=1S/C22H21N7O/c1-14(19-20(26-6-5-25-19)29-13-16(11-24)12-27-29)28-21(30)17-7-15(10-23)8-18(9-17)22(2,3)4/h5-9,12-14H,1-4H3,(H,28,30). The van der Waals surface area contributed by atoms with Gasteiger partial charge in [-0.05, 0) is 36.1 Å². The van der Waals surface area contributed by atoms with Crippen LogP contribution in [0.1, 0.15) is 66.5 Å². The second kappa shape index (κ2) is 8.14. The third kappa shape index (κ3) is 4.34. The van der Waals surface area contributed by atoms with Crippen molar-refractivity contribution in [3.63, 3.8) is 0 Å². The van der Waals surface area contributed by atoms with Crippen LogP contribution in [-0.2, 0) is 5.41 Å². The fraction of sp³-hybridized carbons (Fsp3) is 0.273. The van der Waals surface area contributed by atoms with Gasteiger partial charge in [-0.2, -0.15) is 15.6 Å². The number of rotatable bonds is 4. The Morgan fingerprint density at radius 3 is 2.43 bits per heavy atom. The lowest BCUT2D eigenvalue weighted by Crippen LogP contribution is -2.29. The molecule has 8 heteroatoms. The van der Waals surface area contributed by atoms with Gasteiger partial charge in [0.25, 0.3) is 5.91 Å². The first-order valence-corrected chi connectivity index (χ1v) is 9.35. The average Bonchev–Trinajstić information content (AvgIpc) is 3.21. The zero-order chi connectivity index (χ0) is 21.9. The van der Waals surface area contributed by atoms with Gasteiger partial charge in [0.2, 0.25) is 0 Å². The van der Waals surface area contributed by atoms with Crippen LogP contribution in [0.15, 0.2) is 43.0 Å². The first kappa shape index (κ1) is 20.7. The first-order chi connectivity index (χ1) is 14.2. The Bertz CT molecular complexity index is 1180. The predicted octanol–water partition coefficient (Wildman–Crippen LogP) is 3.19. The highest BCUT2D eigenvalue weighted by molar-refractivity contribution is 5.95. The molecule has 3 rings (SSSR count). The molecule has 0 spiro atoms. The highest BCUT2D eigenvalue weighted by atomic mass is 16.1. The zero-order valence-corrected chi connectivity index (χ0v) is 17.2. The molecule has 8 nitrogen and oxygen atoms in total. The van der Waals surface area contributed by atoms with Gasteiger partial charge >= 0.3 is 0 Å². The maximum absolute atomic E-state index is 12.9. The normalized spacial score (nSPS) is 11.9.